The van der Waals surface area contributed by atoms with Crippen LogP contribution in [0.1, 0.15) is 20.8 Å². The van der Waals surface area contributed by atoms with Crippen molar-refractivity contribution in [3.05, 3.63) is 23.2 Å². The number of nitrogens with one attached hydrogen (secondary N) is 1. The van der Waals surface area contributed by atoms with Gasteiger partial charge in [0.2, 0.25) is 0 Å². The fourth-order valence-corrected chi connectivity index (χ4v) is 1.52. The summed E-state index contributed by atoms with van der Waals surface area (Å²) in [6, 6.07) is 5.17. The van der Waals surface area contributed by atoms with Gasteiger partial charge in [-0.1, -0.05) is 11.6 Å². The van der Waals surface area contributed by atoms with Crippen LogP contribution in [0.2, 0.25) is 5.02 Å². The average Bonchev–Trinajstić information content (AvgIpc) is 2.12. The van der Waals surface area contributed by atoms with Crippen LogP contribution in [0.15, 0.2) is 18.2 Å². The number of nitrogens with zero attached hydrogens (tertiary/aromatic N) is 1. The minimum absolute atomic E-state index is 0.333. The molecule has 0 aliphatic heterocycles. The topological polar surface area (TPSA) is 41.6 Å². The number of hydrogen-bond donors (Lipinski definition) is 1. The Balaban J connectivity index is 2.82. The first-order chi connectivity index (χ1) is 8.17. The van der Waals surface area contributed by atoms with Gasteiger partial charge in [0.1, 0.15) is 5.75 Å². The third-order valence-corrected chi connectivity index (χ3v) is 2.28. The van der Waals surface area contributed by atoms with Crippen molar-refractivity contribution in [2.24, 2.45) is 0 Å². The molecule has 0 bridgehead atoms. The molecule has 5 heteroatoms. The van der Waals surface area contributed by atoms with Crippen LogP contribution in [0.3, 0.4) is 0 Å². The van der Waals surface area contributed by atoms with Crippen molar-refractivity contribution in [3.8, 4) is 5.75 Å². The van der Waals surface area contributed by atoms with Crippen molar-refractivity contribution < 1.29 is 9.53 Å². The molecule has 100 valence electrons. The van der Waals surface area contributed by atoms with Gasteiger partial charge in [-0.15, -0.1) is 0 Å². The van der Waals surface area contributed by atoms with E-state index < -0.39 is 6.09 Å². The summed E-state index contributed by atoms with van der Waals surface area (Å²) in [4.78, 5) is 13.5. The van der Waals surface area contributed by atoms with E-state index in [1.807, 2.05) is 39.8 Å². The standard InChI is InChI=1S/C13H19ClN2O2/c1-13(2,3)15-12(17)18-11-7-9(14)6-10(8-11)16(4)5/h6-8H,1-5H3,(H,15,17). The minimum Gasteiger partial charge on any atom is -0.410 e. The van der Waals surface area contributed by atoms with Gasteiger partial charge in [0.15, 0.2) is 0 Å². The lowest BCUT2D eigenvalue weighted by Crippen LogP contribution is -2.42. The monoisotopic (exact) mass is 270 g/mol. The van der Waals surface area contributed by atoms with Gasteiger partial charge in [-0.2, -0.15) is 0 Å². The molecule has 0 unspecified atom stereocenters. The first-order valence-corrected chi connectivity index (χ1v) is 6.03. The first-order valence-electron chi connectivity index (χ1n) is 5.65. The van der Waals surface area contributed by atoms with Gasteiger partial charge in [0.25, 0.3) is 0 Å². The molecular weight excluding hydrogens is 252 g/mol. The predicted octanol–water partition coefficient (Wildman–Crippen LogP) is 3.29. The summed E-state index contributed by atoms with van der Waals surface area (Å²) in [6.07, 6.45) is -0.491. The molecule has 0 aromatic heterocycles. The van der Waals surface area contributed by atoms with Gasteiger partial charge in [0, 0.05) is 36.4 Å². The number of rotatable bonds is 2. The molecule has 4 nitrogen and oxygen atoms in total. The number of carbonyl (C=O) groups is 1. The van der Waals surface area contributed by atoms with Crippen LogP contribution in [0.5, 0.6) is 5.75 Å². The van der Waals surface area contributed by atoms with Gasteiger partial charge in [-0.05, 0) is 32.9 Å². The van der Waals surface area contributed by atoms with E-state index in [1.165, 1.54) is 0 Å². The lowest BCUT2D eigenvalue weighted by atomic mass is 10.1. The highest BCUT2D eigenvalue weighted by atomic mass is 35.5. The highest BCUT2D eigenvalue weighted by Gasteiger charge is 2.15. The molecule has 0 saturated heterocycles. The lowest BCUT2D eigenvalue weighted by Gasteiger charge is -2.20. The number of benzene rings is 1. The van der Waals surface area contributed by atoms with E-state index in [1.54, 1.807) is 18.2 Å². The van der Waals surface area contributed by atoms with E-state index in [9.17, 15) is 4.79 Å². The van der Waals surface area contributed by atoms with E-state index in [-0.39, 0.29) is 5.54 Å². The number of halogens is 1. The van der Waals surface area contributed by atoms with Crippen molar-refractivity contribution in [1.29, 1.82) is 0 Å². The van der Waals surface area contributed by atoms with E-state index in [2.05, 4.69) is 5.32 Å². The Bertz CT molecular complexity index is 439. The van der Waals surface area contributed by atoms with E-state index in [0.717, 1.165) is 5.69 Å². The molecule has 0 fully saturated rings. The maximum absolute atomic E-state index is 11.6. The number of carbonyl (C=O) groups excluding carboxylic acids is 1. The van der Waals surface area contributed by atoms with Crippen LogP contribution in [-0.2, 0) is 0 Å². The van der Waals surface area contributed by atoms with E-state index in [4.69, 9.17) is 16.3 Å². The molecule has 0 radical (unpaired) electrons. The van der Waals surface area contributed by atoms with Crippen LogP contribution >= 0.6 is 11.6 Å². The summed E-state index contributed by atoms with van der Waals surface area (Å²) in [7, 11) is 3.79. The molecule has 0 aliphatic carbocycles. The fourth-order valence-electron chi connectivity index (χ4n) is 1.30. The Morgan fingerprint density at radius 3 is 2.39 bits per heavy atom. The predicted molar refractivity (Wildman–Crippen MR) is 74.7 cm³/mol. The third-order valence-electron chi connectivity index (χ3n) is 2.06. The molecule has 0 aliphatic rings. The van der Waals surface area contributed by atoms with E-state index in [0.29, 0.717) is 10.8 Å². The lowest BCUT2D eigenvalue weighted by molar-refractivity contribution is 0.190. The Kier molecular flexibility index (Phi) is 4.46. The largest absolute Gasteiger partial charge is 0.413 e. The highest BCUT2D eigenvalue weighted by molar-refractivity contribution is 6.31. The van der Waals surface area contributed by atoms with Gasteiger partial charge >= 0.3 is 6.09 Å². The third kappa shape index (κ3) is 4.84. The molecule has 1 rings (SSSR count). The first kappa shape index (κ1) is 14.6. The summed E-state index contributed by atoms with van der Waals surface area (Å²) >= 11 is 5.97. The molecule has 1 N–H and O–H groups in total. The highest BCUT2D eigenvalue weighted by Crippen LogP contribution is 2.26. The minimum atomic E-state index is -0.491. The smallest absolute Gasteiger partial charge is 0.410 e. The zero-order valence-electron chi connectivity index (χ0n) is 11.4. The molecule has 0 saturated carbocycles. The quantitative estimate of drug-likeness (QED) is 0.897. The summed E-state index contributed by atoms with van der Waals surface area (Å²) in [5.41, 5.74) is 0.543. The Morgan fingerprint density at radius 1 is 1.28 bits per heavy atom. The summed E-state index contributed by atoms with van der Waals surface area (Å²) < 4.78 is 5.20. The van der Waals surface area contributed by atoms with Crippen molar-refractivity contribution in [3.63, 3.8) is 0 Å². The second-order valence-electron chi connectivity index (χ2n) is 5.30. The normalized spacial score (nSPS) is 11.0. The molecule has 0 spiro atoms. The van der Waals surface area contributed by atoms with Crippen molar-refractivity contribution >= 4 is 23.4 Å². The van der Waals surface area contributed by atoms with E-state index >= 15 is 0 Å². The number of anilines is 1. The molecule has 18 heavy (non-hydrogen) atoms. The summed E-state index contributed by atoms with van der Waals surface area (Å²) in [5.74, 6) is 0.424. The zero-order chi connectivity index (χ0) is 13.9. The summed E-state index contributed by atoms with van der Waals surface area (Å²) in [6.45, 7) is 5.66. The molecular formula is C13H19ClN2O2. The van der Waals surface area contributed by atoms with Crippen LogP contribution in [0.25, 0.3) is 0 Å². The average molecular weight is 271 g/mol. The molecule has 1 aromatic carbocycles. The van der Waals surface area contributed by atoms with Crippen molar-refractivity contribution in [1.82, 2.24) is 5.32 Å². The van der Waals surface area contributed by atoms with Gasteiger partial charge in [0.05, 0.1) is 0 Å². The second-order valence-corrected chi connectivity index (χ2v) is 5.74. The van der Waals surface area contributed by atoms with Gasteiger partial charge in [-0.25, -0.2) is 4.79 Å². The van der Waals surface area contributed by atoms with Crippen molar-refractivity contribution in [2.45, 2.75) is 26.3 Å². The maximum Gasteiger partial charge on any atom is 0.413 e. The van der Waals surface area contributed by atoms with Crippen LogP contribution in [0, 0.1) is 0 Å². The van der Waals surface area contributed by atoms with Gasteiger partial charge < -0.3 is 15.0 Å². The molecule has 1 aromatic rings. The fraction of sp³-hybridized carbons (Fsp3) is 0.462. The Labute approximate surface area is 113 Å². The molecule has 0 heterocycles. The number of hydrogen-bond acceptors (Lipinski definition) is 3. The van der Waals surface area contributed by atoms with Crippen LogP contribution in [-0.4, -0.2) is 25.7 Å². The van der Waals surface area contributed by atoms with Gasteiger partial charge in [-0.3, -0.25) is 0 Å². The molecule has 0 atom stereocenters. The number of amides is 1. The second kappa shape index (κ2) is 5.48. The number of ether oxygens (including phenoxy) is 1. The maximum atomic E-state index is 11.6. The molecule has 1 amide bonds. The Hall–Kier alpha value is -1.42. The Morgan fingerprint density at radius 2 is 1.89 bits per heavy atom. The van der Waals surface area contributed by atoms with Crippen LogP contribution < -0.4 is 15.0 Å². The zero-order valence-corrected chi connectivity index (χ0v) is 12.1. The van der Waals surface area contributed by atoms with Crippen molar-refractivity contribution in [2.75, 3.05) is 19.0 Å². The summed E-state index contributed by atoms with van der Waals surface area (Å²) in [5, 5.41) is 3.25. The SMILES string of the molecule is CN(C)c1cc(Cl)cc(OC(=O)NC(C)(C)C)c1. The van der Waals surface area contributed by atoms with Crippen LogP contribution in [0.4, 0.5) is 10.5 Å².